The predicted molar refractivity (Wildman–Crippen MR) is 119 cm³/mol. The third-order valence-corrected chi connectivity index (χ3v) is 5.65. The van der Waals surface area contributed by atoms with Crippen LogP contribution in [0.2, 0.25) is 5.02 Å². The number of rotatable bonds is 5. The van der Waals surface area contributed by atoms with Crippen molar-refractivity contribution in [1.82, 2.24) is 0 Å². The summed E-state index contributed by atoms with van der Waals surface area (Å²) in [6.45, 7) is 0.130. The number of carbonyl (C=O) groups excluding carboxylic acids is 1. The molecule has 0 aromatic heterocycles. The highest BCUT2D eigenvalue weighted by atomic mass is 35.5. The van der Waals surface area contributed by atoms with Crippen LogP contribution in [0.1, 0.15) is 11.1 Å². The first-order valence-electron chi connectivity index (χ1n) is 9.06. The summed E-state index contributed by atoms with van der Waals surface area (Å²) in [6, 6.07) is 20.5. The molecule has 1 heterocycles. The van der Waals surface area contributed by atoms with E-state index in [4.69, 9.17) is 21.7 Å². The largest absolute Gasteiger partial charge is 0.489 e. The molecular weight excluding hydrogens is 423 g/mol. The number of hydrogen-bond acceptors (Lipinski definition) is 4. The lowest BCUT2D eigenvalue weighted by Crippen LogP contribution is -2.28. The lowest BCUT2D eigenvalue weighted by atomic mass is 10.2. The zero-order chi connectivity index (χ0) is 21.1. The van der Waals surface area contributed by atoms with E-state index in [2.05, 4.69) is 0 Å². The molecule has 0 saturated carbocycles. The first-order chi connectivity index (χ1) is 14.5. The van der Waals surface area contributed by atoms with Gasteiger partial charge in [-0.2, -0.15) is 0 Å². The number of nitrogens with one attached hydrogen (secondary N) is 1. The average molecular weight is 439 g/mol. The minimum atomic E-state index is -0.304. The van der Waals surface area contributed by atoms with E-state index >= 15 is 0 Å². The van der Waals surface area contributed by atoms with Gasteiger partial charge in [0.1, 0.15) is 18.2 Å². The summed E-state index contributed by atoms with van der Waals surface area (Å²) in [4.78, 5) is 14.5. The molecule has 4 nitrogen and oxygen atoms in total. The van der Waals surface area contributed by atoms with Gasteiger partial charge in [0.2, 0.25) is 0 Å². The fourth-order valence-corrected chi connectivity index (χ4v) is 4.00. The van der Waals surface area contributed by atoms with Gasteiger partial charge in [0.15, 0.2) is 5.17 Å². The number of benzene rings is 3. The van der Waals surface area contributed by atoms with Gasteiger partial charge in [-0.25, -0.2) is 4.39 Å². The number of halogens is 2. The van der Waals surface area contributed by atoms with Crippen molar-refractivity contribution in [3.8, 4) is 5.75 Å². The minimum Gasteiger partial charge on any atom is -0.489 e. The Morgan fingerprint density at radius 2 is 1.73 bits per heavy atom. The molecule has 0 unspecified atom stereocenters. The molecule has 150 valence electrons. The van der Waals surface area contributed by atoms with E-state index in [0.29, 0.717) is 26.9 Å². The summed E-state index contributed by atoms with van der Waals surface area (Å²) >= 11 is 7.27. The quantitative estimate of drug-likeness (QED) is 0.488. The average Bonchev–Trinajstić information content (AvgIpc) is 3.02. The fraction of sp³-hybridized carbons (Fsp3) is 0.0435. The zero-order valence-electron chi connectivity index (χ0n) is 15.6. The minimum absolute atomic E-state index is 0.101. The summed E-state index contributed by atoms with van der Waals surface area (Å²) in [5.41, 5.74) is 1.76. The molecule has 0 atom stereocenters. The molecule has 0 bridgehead atoms. The molecule has 0 radical (unpaired) electrons. The normalized spacial score (nSPS) is 15.1. The Bertz CT molecular complexity index is 1150. The van der Waals surface area contributed by atoms with Crippen molar-refractivity contribution in [1.29, 1.82) is 5.41 Å². The molecule has 1 fully saturated rings. The van der Waals surface area contributed by atoms with E-state index < -0.39 is 0 Å². The van der Waals surface area contributed by atoms with Gasteiger partial charge in [0.25, 0.3) is 5.91 Å². The number of amides is 1. The molecule has 30 heavy (non-hydrogen) atoms. The SMILES string of the molecule is N=C1SC(=Cc2ccc(OCc3ccccc3F)cc2)C(=O)N1c1ccccc1Cl. The summed E-state index contributed by atoms with van der Waals surface area (Å²) in [6.07, 6.45) is 1.72. The number of nitrogens with zero attached hydrogens (tertiary/aromatic N) is 1. The second kappa shape index (κ2) is 8.73. The van der Waals surface area contributed by atoms with Gasteiger partial charge in [-0.05, 0) is 53.7 Å². The Hall–Kier alpha value is -3.09. The van der Waals surface area contributed by atoms with Gasteiger partial charge in [-0.15, -0.1) is 0 Å². The molecule has 1 aliphatic heterocycles. The third-order valence-electron chi connectivity index (χ3n) is 4.45. The van der Waals surface area contributed by atoms with E-state index in [1.807, 2.05) is 0 Å². The molecular formula is C23H16ClFN2O2S. The van der Waals surface area contributed by atoms with E-state index in [1.165, 1.54) is 11.0 Å². The fourth-order valence-electron chi connectivity index (χ4n) is 2.93. The molecule has 1 saturated heterocycles. The van der Waals surface area contributed by atoms with Crippen LogP contribution in [0.25, 0.3) is 6.08 Å². The third kappa shape index (κ3) is 4.25. The van der Waals surface area contributed by atoms with Crippen LogP contribution in [-0.2, 0) is 11.4 Å². The Morgan fingerprint density at radius 3 is 2.47 bits per heavy atom. The summed E-state index contributed by atoms with van der Waals surface area (Å²) in [5.74, 6) is -0.00429. The number of para-hydroxylation sites is 1. The van der Waals surface area contributed by atoms with Crippen molar-refractivity contribution in [2.24, 2.45) is 0 Å². The summed E-state index contributed by atoms with van der Waals surface area (Å²) in [7, 11) is 0. The van der Waals surface area contributed by atoms with Gasteiger partial charge < -0.3 is 4.74 Å². The molecule has 7 heteroatoms. The molecule has 1 aliphatic rings. The molecule has 1 N–H and O–H groups in total. The molecule has 1 amide bonds. The Labute approximate surface area is 182 Å². The van der Waals surface area contributed by atoms with Crippen LogP contribution in [0.15, 0.2) is 77.7 Å². The Balaban J connectivity index is 1.47. The van der Waals surface area contributed by atoms with Crippen LogP contribution in [0, 0.1) is 11.2 Å². The number of amidine groups is 1. The molecule has 3 aromatic rings. The van der Waals surface area contributed by atoms with Crippen LogP contribution in [-0.4, -0.2) is 11.1 Å². The second-order valence-electron chi connectivity index (χ2n) is 6.46. The first kappa shape index (κ1) is 20.2. The van der Waals surface area contributed by atoms with Crippen LogP contribution in [0.4, 0.5) is 10.1 Å². The van der Waals surface area contributed by atoms with Crippen LogP contribution >= 0.6 is 23.4 Å². The maximum atomic E-state index is 13.7. The highest BCUT2D eigenvalue weighted by Gasteiger charge is 2.34. The van der Waals surface area contributed by atoms with E-state index in [1.54, 1.807) is 72.8 Å². The Kier molecular flexibility index (Phi) is 5.88. The standard InChI is InChI=1S/C23H16ClFN2O2S/c24-18-6-2-4-8-20(18)27-22(28)21(30-23(27)26)13-15-9-11-17(12-10-15)29-14-16-5-1-3-7-19(16)25/h1-13,26H,14H2. The number of hydrogen-bond donors (Lipinski definition) is 1. The molecule has 4 rings (SSSR count). The zero-order valence-corrected chi connectivity index (χ0v) is 17.2. The van der Waals surface area contributed by atoms with Gasteiger partial charge in [-0.3, -0.25) is 15.1 Å². The Morgan fingerprint density at radius 1 is 1.03 bits per heavy atom. The topological polar surface area (TPSA) is 53.4 Å². The van der Waals surface area contributed by atoms with Crippen molar-refractivity contribution in [3.63, 3.8) is 0 Å². The van der Waals surface area contributed by atoms with Gasteiger partial charge in [-0.1, -0.05) is 54.1 Å². The number of thioether (sulfide) groups is 1. The molecule has 0 aliphatic carbocycles. The smallest absolute Gasteiger partial charge is 0.271 e. The molecule has 3 aromatic carbocycles. The maximum absolute atomic E-state index is 13.7. The van der Waals surface area contributed by atoms with Gasteiger partial charge >= 0.3 is 0 Å². The first-order valence-corrected chi connectivity index (χ1v) is 10.3. The maximum Gasteiger partial charge on any atom is 0.271 e. The van der Waals surface area contributed by atoms with Crippen LogP contribution in [0.3, 0.4) is 0 Å². The van der Waals surface area contributed by atoms with Crippen LogP contribution in [0.5, 0.6) is 5.75 Å². The van der Waals surface area contributed by atoms with Crippen molar-refractivity contribution in [2.45, 2.75) is 6.61 Å². The highest BCUT2D eigenvalue weighted by molar-refractivity contribution is 8.19. The number of anilines is 1. The summed E-state index contributed by atoms with van der Waals surface area (Å²) in [5, 5.41) is 8.68. The lowest BCUT2D eigenvalue weighted by molar-refractivity contribution is -0.113. The van der Waals surface area contributed by atoms with Crippen molar-refractivity contribution < 1.29 is 13.9 Å². The van der Waals surface area contributed by atoms with Crippen molar-refractivity contribution in [2.75, 3.05) is 4.90 Å². The summed E-state index contributed by atoms with van der Waals surface area (Å²) < 4.78 is 19.3. The van der Waals surface area contributed by atoms with E-state index in [9.17, 15) is 9.18 Å². The van der Waals surface area contributed by atoms with Crippen LogP contribution < -0.4 is 9.64 Å². The van der Waals surface area contributed by atoms with E-state index in [0.717, 1.165) is 17.3 Å². The van der Waals surface area contributed by atoms with Crippen molar-refractivity contribution in [3.05, 3.63) is 99.7 Å². The highest BCUT2D eigenvalue weighted by Crippen LogP contribution is 2.38. The number of carbonyl (C=O) groups is 1. The van der Waals surface area contributed by atoms with Gasteiger partial charge in [0.05, 0.1) is 15.6 Å². The monoisotopic (exact) mass is 438 g/mol. The lowest BCUT2D eigenvalue weighted by Gasteiger charge is -2.15. The molecule has 0 spiro atoms. The van der Waals surface area contributed by atoms with Gasteiger partial charge in [0, 0.05) is 5.56 Å². The van der Waals surface area contributed by atoms with Crippen molar-refractivity contribution >= 4 is 46.2 Å². The predicted octanol–water partition coefficient (Wildman–Crippen LogP) is 6.11. The van der Waals surface area contributed by atoms with E-state index in [-0.39, 0.29) is 23.5 Å². The second-order valence-corrected chi connectivity index (χ2v) is 7.89. The number of ether oxygens (including phenoxy) is 1.